The number of ether oxygens (including phenoxy) is 2. The van der Waals surface area contributed by atoms with Gasteiger partial charge in [-0.2, -0.15) is 0 Å². The van der Waals surface area contributed by atoms with Crippen molar-refractivity contribution in [3.63, 3.8) is 0 Å². The van der Waals surface area contributed by atoms with Gasteiger partial charge in [-0.3, -0.25) is 9.78 Å². The van der Waals surface area contributed by atoms with E-state index in [0.717, 1.165) is 11.3 Å². The summed E-state index contributed by atoms with van der Waals surface area (Å²) in [5.74, 6) is 0.942. The van der Waals surface area contributed by atoms with E-state index >= 15 is 0 Å². The van der Waals surface area contributed by atoms with Crippen LogP contribution in [0.1, 0.15) is 16.1 Å². The second kappa shape index (κ2) is 7.70. The number of benzene rings is 2. The number of hydrogen-bond acceptors (Lipinski definition) is 4. The largest absolute Gasteiger partial charge is 0.493 e. The summed E-state index contributed by atoms with van der Waals surface area (Å²) in [6, 6.07) is 18.7. The average Bonchev–Trinajstić information content (AvgIpc) is 2.68. The third-order valence-corrected chi connectivity index (χ3v) is 4.04. The van der Waals surface area contributed by atoms with Gasteiger partial charge in [0.2, 0.25) is 0 Å². The van der Waals surface area contributed by atoms with Gasteiger partial charge in [0.05, 0.1) is 31.2 Å². The molecule has 1 heterocycles. The number of hydrogen-bond donors (Lipinski definition) is 1. The van der Waals surface area contributed by atoms with Crippen molar-refractivity contribution in [3.05, 3.63) is 71.9 Å². The van der Waals surface area contributed by atoms with Gasteiger partial charge in [-0.25, -0.2) is 0 Å². The Bertz CT molecular complexity index is 924. The molecule has 26 heavy (non-hydrogen) atoms. The molecule has 0 aliphatic rings. The van der Waals surface area contributed by atoms with E-state index in [1.807, 2.05) is 43.3 Å². The van der Waals surface area contributed by atoms with Crippen molar-refractivity contribution in [3.8, 4) is 22.8 Å². The Labute approximate surface area is 152 Å². The van der Waals surface area contributed by atoms with Gasteiger partial charge in [-0.1, -0.05) is 30.3 Å². The molecule has 1 amide bonds. The molecule has 0 unspecified atom stereocenters. The van der Waals surface area contributed by atoms with Crippen LogP contribution < -0.4 is 14.8 Å². The van der Waals surface area contributed by atoms with E-state index in [9.17, 15) is 4.79 Å². The normalized spacial score (nSPS) is 10.3. The molecule has 0 radical (unpaired) electrons. The second-order valence-electron chi connectivity index (χ2n) is 5.72. The first-order chi connectivity index (χ1) is 12.6. The van der Waals surface area contributed by atoms with Gasteiger partial charge < -0.3 is 14.8 Å². The first kappa shape index (κ1) is 17.5. The van der Waals surface area contributed by atoms with Crippen molar-refractivity contribution in [2.24, 2.45) is 0 Å². The fourth-order valence-corrected chi connectivity index (χ4v) is 2.68. The van der Waals surface area contributed by atoms with Crippen LogP contribution in [0.15, 0.2) is 60.7 Å². The summed E-state index contributed by atoms with van der Waals surface area (Å²) in [7, 11) is 3.12. The Balaban J connectivity index is 1.82. The van der Waals surface area contributed by atoms with Crippen LogP contribution >= 0.6 is 0 Å². The Morgan fingerprint density at radius 3 is 2.31 bits per heavy atom. The molecule has 0 spiro atoms. The van der Waals surface area contributed by atoms with Crippen LogP contribution in [-0.4, -0.2) is 25.1 Å². The smallest absolute Gasteiger partial charge is 0.257 e. The molecule has 0 saturated carbocycles. The standard InChI is InChI=1S/C21H20N2O3/c1-14-17(10-11-18(22-14)15-7-5-4-6-8-15)21(24)23-16-9-12-19(25-2)20(13-16)26-3/h4-13H,1-3H3,(H,23,24). The zero-order chi connectivity index (χ0) is 18.5. The van der Waals surface area contributed by atoms with Crippen LogP contribution in [-0.2, 0) is 0 Å². The number of aryl methyl sites for hydroxylation is 1. The minimum absolute atomic E-state index is 0.221. The van der Waals surface area contributed by atoms with Gasteiger partial charge in [0.25, 0.3) is 5.91 Å². The lowest BCUT2D eigenvalue weighted by atomic mass is 10.1. The number of aromatic nitrogens is 1. The minimum atomic E-state index is -0.221. The van der Waals surface area contributed by atoms with Crippen molar-refractivity contribution >= 4 is 11.6 Å². The lowest BCUT2D eigenvalue weighted by molar-refractivity contribution is 0.102. The van der Waals surface area contributed by atoms with Crippen LogP contribution in [0, 0.1) is 6.92 Å². The number of carbonyl (C=O) groups excluding carboxylic acids is 1. The van der Waals surface area contributed by atoms with Gasteiger partial charge in [-0.15, -0.1) is 0 Å². The van der Waals surface area contributed by atoms with Crippen molar-refractivity contribution in [2.75, 3.05) is 19.5 Å². The molecule has 5 nitrogen and oxygen atoms in total. The maximum Gasteiger partial charge on any atom is 0.257 e. The monoisotopic (exact) mass is 348 g/mol. The summed E-state index contributed by atoms with van der Waals surface area (Å²) in [5, 5.41) is 2.87. The third kappa shape index (κ3) is 3.67. The first-order valence-corrected chi connectivity index (χ1v) is 8.19. The van der Waals surface area contributed by atoms with Crippen LogP contribution in [0.5, 0.6) is 11.5 Å². The molecule has 5 heteroatoms. The lowest BCUT2D eigenvalue weighted by Gasteiger charge is -2.12. The highest BCUT2D eigenvalue weighted by Gasteiger charge is 2.13. The molecule has 0 aliphatic heterocycles. The topological polar surface area (TPSA) is 60.5 Å². The number of pyridine rings is 1. The molecule has 3 aromatic rings. The summed E-state index contributed by atoms with van der Waals surface area (Å²) >= 11 is 0. The number of nitrogens with one attached hydrogen (secondary N) is 1. The molecule has 0 aliphatic carbocycles. The molecule has 1 N–H and O–H groups in total. The SMILES string of the molecule is COc1ccc(NC(=O)c2ccc(-c3ccccc3)nc2C)cc1OC. The highest BCUT2D eigenvalue weighted by atomic mass is 16.5. The number of anilines is 1. The fraction of sp³-hybridized carbons (Fsp3) is 0.143. The van der Waals surface area contributed by atoms with Gasteiger partial charge in [0.1, 0.15) is 0 Å². The van der Waals surface area contributed by atoms with E-state index in [2.05, 4.69) is 10.3 Å². The summed E-state index contributed by atoms with van der Waals surface area (Å²) in [6.07, 6.45) is 0. The zero-order valence-corrected chi connectivity index (χ0v) is 14.9. The molecule has 0 bridgehead atoms. The molecular weight excluding hydrogens is 328 g/mol. The van der Waals surface area contributed by atoms with Crippen LogP contribution in [0.3, 0.4) is 0 Å². The number of nitrogens with zero attached hydrogens (tertiary/aromatic N) is 1. The molecule has 1 aromatic heterocycles. The van der Waals surface area contributed by atoms with E-state index < -0.39 is 0 Å². The van der Waals surface area contributed by atoms with Crippen LogP contribution in [0.2, 0.25) is 0 Å². The fourth-order valence-electron chi connectivity index (χ4n) is 2.68. The van der Waals surface area contributed by atoms with Crippen LogP contribution in [0.4, 0.5) is 5.69 Å². The number of methoxy groups -OCH3 is 2. The number of carbonyl (C=O) groups is 1. The van der Waals surface area contributed by atoms with E-state index in [1.54, 1.807) is 38.5 Å². The Morgan fingerprint density at radius 1 is 0.923 bits per heavy atom. The van der Waals surface area contributed by atoms with Gasteiger partial charge >= 0.3 is 0 Å². The zero-order valence-electron chi connectivity index (χ0n) is 14.9. The van der Waals surface area contributed by atoms with Crippen molar-refractivity contribution < 1.29 is 14.3 Å². The molecule has 0 fully saturated rings. The Hall–Kier alpha value is -3.34. The summed E-state index contributed by atoms with van der Waals surface area (Å²) in [6.45, 7) is 1.83. The molecule has 2 aromatic carbocycles. The quantitative estimate of drug-likeness (QED) is 0.746. The summed E-state index contributed by atoms with van der Waals surface area (Å²) < 4.78 is 10.5. The predicted octanol–water partition coefficient (Wildman–Crippen LogP) is 4.33. The molecular formula is C21H20N2O3. The van der Waals surface area contributed by atoms with Crippen molar-refractivity contribution in [1.82, 2.24) is 4.98 Å². The van der Waals surface area contributed by atoms with Crippen LogP contribution in [0.25, 0.3) is 11.3 Å². The Morgan fingerprint density at radius 2 is 1.65 bits per heavy atom. The van der Waals surface area contributed by atoms with E-state index in [-0.39, 0.29) is 5.91 Å². The molecule has 0 saturated heterocycles. The average molecular weight is 348 g/mol. The summed E-state index contributed by atoms with van der Waals surface area (Å²) in [4.78, 5) is 17.2. The van der Waals surface area contributed by atoms with Gasteiger partial charge in [0, 0.05) is 17.3 Å². The predicted molar refractivity (Wildman–Crippen MR) is 102 cm³/mol. The minimum Gasteiger partial charge on any atom is -0.493 e. The Kier molecular flexibility index (Phi) is 5.17. The highest BCUT2D eigenvalue weighted by molar-refractivity contribution is 6.05. The molecule has 132 valence electrons. The highest BCUT2D eigenvalue weighted by Crippen LogP contribution is 2.30. The second-order valence-corrected chi connectivity index (χ2v) is 5.72. The molecule has 0 atom stereocenters. The maximum atomic E-state index is 12.6. The maximum absolute atomic E-state index is 12.6. The van der Waals surface area contributed by atoms with E-state index in [1.165, 1.54) is 0 Å². The van der Waals surface area contributed by atoms with E-state index in [4.69, 9.17) is 9.47 Å². The third-order valence-electron chi connectivity index (χ3n) is 4.04. The first-order valence-electron chi connectivity index (χ1n) is 8.19. The van der Waals surface area contributed by atoms with Crippen molar-refractivity contribution in [2.45, 2.75) is 6.92 Å². The number of rotatable bonds is 5. The van der Waals surface area contributed by atoms with Gasteiger partial charge in [0.15, 0.2) is 11.5 Å². The van der Waals surface area contributed by atoms with Gasteiger partial charge in [-0.05, 0) is 31.2 Å². The van der Waals surface area contributed by atoms with Crippen molar-refractivity contribution in [1.29, 1.82) is 0 Å². The molecule has 3 rings (SSSR count). The summed E-state index contributed by atoms with van der Waals surface area (Å²) in [5.41, 5.74) is 3.68. The van der Waals surface area contributed by atoms with E-state index in [0.29, 0.717) is 28.4 Å². The lowest BCUT2D eigenvalue weighted by Crippen LogP contribution is -2.14. The number of amides is 1.